The molecule has 2 aromatic rings. The number of carbonyl (C=O) groups excluding carboxylic acids is 3. The van der Waals surface area contributed by atoms with Gasteiger partial charge in [0.25, 0.3) is 0 Å². The molecule has 0 radical (unpaired) electrons. The largest absolute Gasteiger partial charge is 0.519 e. The molecule has 0 bridgehead atoms. The van der Waals surface area contributed by atoms with Crippen LogP contribution in [0.15, 0.2) is 48.5 Å². The van der Waals surface area contributed by atoms with Crippen molar-refractivity contribution < 1.29 is 23.5 Å². The maximum atomic E-state index is 13.0. The van der Waals surface area contributed by atoms with Gasteiger partial charge in [-0.25, -0.2) is 4.79 Å². The smallest absolute Gasteiger partial charge is 0.407 e. The lowest BCUT2D eigenvalue weighted by Crippen LogP contribution is -2.51. The topological polar surface area (TPSA) is 84.9 Å². The first-order chi connectivity index (χ1) is 16.0. The number of hydrogen-bond acceptors (Lipinski definition) is 5. The third kappa shape index (κ3) is 6.05. The highest BCUT2D eigenvalue weighted by molar-refractivity contribution is 6.71. The summed E-state index contributed by atoms with van der Waals surface area (Å²) in [7, 11) is -0.518. The van der Waals surface area contributed by atoms with E-state index in [0.717, 1.165) is 22.3 Å². The van der Waals surface area contributed by atoms with Crippen LogP contribution in [0.5, 0.6) is 0 Å². The van der Waals surface area contributed by atoms with Gasteiger partial charge in [0.05, 0.1) is 0 Å². The summed E-state index contributed by atoms with van der Waals surface area (Å²) >= 11 is 0. The van der Waals surface area contributed by atoms with Crippen LogP contribution in [-0.4, -0.2) is 57.4 Å². The van der Waals surface area contributed by atoms with Crippen molar-refractivity contribution in [1.29, 1.82) is 0 Å². The molecule has 0 saturated heterocycles. The third-order valence-corrected chi connectivity index (χ3v) is 6.55. The van der Waals surface area contributed by atoms with Gasteiger partial charge < -0.3 is 19.4 Å². The Labute approximate surface area is 202 Å². The first-order valence-electron chi connectivity index (χ1n) is 11.6. The molecule has 3 rings (SSSR count). The summed E-state index contributed by atoms with van der Waals surface area (Å²) in [6, 6.07) is 15.4. The summed E-state index contributed by atoms with van der Waals surface area (Å²) in [6.45, 7) is 9.38. The predicted octanol–water partition coefficient (Wildman–Crippen LogP) is 4.39. The number of hydrogen-bond donors (Lipinski definition) is 1. The maximum Gasteiger partial charge on any atom is 0.407 e. The van der Waals surface area contributed by atoms with Crippen molar-refractivity contribution in [2.45, 2.75) is 45.4 Å². The fraction of sp³-hybridized carbons (Fsp3) is 0.423. The minimum atomic E-state index is -2.05. The van der Waals surface area contributed by atoms with Crippen molar-refractivity contribution in [3.8, 4) is 11.1 Å². The average Bonchev–Trinajstić information content (AvgIpc) is 3.07. The van der Waals surface area contributed by atoms with Crippen LogP contribution in [0.25, 0.3) is 11.1 Å². The highest BCUT2D eigenvalue weighted by Gasteiger charge is 2.32. The Morgan fingerprint density at radius 3 is 2.00 bits per heavy atom. The number of benzene rings is 2. The zero-order valence-corrected chi connectivity index (χ0v) is 21.8. The molecule has 0 heterocycles. The Morgan fingerprint density at radius 1 is 0.971 bits per heavy atom. The number of nitrogens with zero attached hydrogens (tertiary/aromatic N) is 1. The molecule has 34 heavy (non-hydrogen) atoms. The van der Waals surface area contributed by atoms with Crippen LogP contribution >= 0.6 is 0 Å². The second-order valence-corrected chi connectivity index (χ2v) is 14.4. The molecule has 1 aliphatic carbocycles. The number of rotatable bonds is 8. The molecule has 7 nitrogen and oxygen atoms in total. The van der Waals surface area contributed by atoms with Crippen LogP contribution in [-0.2, 0) is 18.8 Å². The Bertz CT molecular complexity index is 1020. The zero-order chi connectivity index (χ0) is 25.0. The van der Waals surface area contributed by atoms with E-state index in [4.69, 9.17) is 9.16 Å². The monoisotopic (exact) mass is 482 g/mol. The molecule has 1 atom stereocenters. The Hall–Kier alpha value is -3.13. The molecule has 0 aliphatic heterocycles. The normalized spacial score (nSPS) is 13.6. The van der Waals surface area contributed by atoms with Crippen molar-refractivity contribution >= 4 is 26.3 Å². The molecular formula is C26H34N2O5Si. The molecule has 1 N–H and O–H groups in total. The van der Waals surface area contributed by atoms with E-state index in [2.05, 4.69) is 29.6 Å². The minimum absolute atomic E-state index is 0.0645. The van der Waals surface area contributed by atoms with E-state index < -0.39 is 26.4 Å². The van der Waals surface area contributed by atoms with Crippen molar-refractivity contribution in [3.05, 3.63) is 59.7 Å². The molecule has 182 valence electrons. The van der Waals surface area contributed by atoms with Gasteiger partial charge >= 0.3 is 12.1 Å². The van der Waals surface area contributed by atoms with Crippen molar-refractivity contribution in [3.63, 3.8) is 0 Å². The van der Waals surface area contributed by atoms with Gasteiger partial charge in [0.2, 0.25) is 14.2 Å². The molecule has 8 heteroatoms. The first kappa shape index (κ1) is 25.5. The number of likely N-dealkylation sites (N-methyl/N-ethyl adjacent to an activating group) is 1. The van der Waals surface area contributed by atoms with Gasteiger partial charge in [0.15, 0.2) is 0 Å². The number of carbonyl (C=O) groups is 3. The summed E-state index contributed by atoms with van der Waals surface area (Å²) in [5, 5.41) is 2.69. The van der Waals surface area contributed by atoms with Crippen LogP contribution in [0, 0.1) is 5.92 Å². The molecule has 0 aromatic heterocycles. The lowest BCUT2D eigenvalue weighted by Gasteiger charge is -2.27. The number of nitrogens with one attached hydrogen (secondary N) is 1. The number of ether oxygens (including phenoxy) is 1. The Kier molecular flexibility index (Phi) is 7.81. The highest BCUT2D eigenvalue weighted by atomic mass is 28.4. The van der Waals surface area contributed by atoms with Crippen LogP contribution < -0.4 is 5.32 Å². The zero-order valence-electron chi connectivity index (χ0n) is 20.8. The SMILES string of the molecule is CC(C)[C@H](NC(=O)OCC1c2ccccc2-c2ccccc21)C(=O)N(C)CC(=O)O[Si](C)(C)C. The minimum Gasteiger partial charge on any atom is -0.519 e. The molecule has 0 saturated carbocycles. The summed E-state index contributed by atoms with van der Waals surface area (Å²) in [5.74, 6) is -1.07. The van der Waals surface area contributed by atoms with Gasteiger partial charge in [-0.05, 0) is 47.8 Å². The molecule has 1 aliphatic rings. The van der Waals surface area contributed by atoms with Gasteiger partial charge in [0, 0.05) is 13.0 Å². The van der Waals surface area contributed by atoms with Crippen LogP contribution in [0.1, 0.15) is 30.9 Å². The van der Waals surface area contributed by atoms with Crippen molar-refractivity contribution in [1.82, 2.24) is 10.2 Å². The van der Waals surface area contributed by atoms with Gasteiger partial charge in [0.1, 0.15) is 19.2 Å². The van der Waals surface area contributed by atoms with Crippen molar-refractivity contribution in [2.24, 2.45) is 5.92 Å². The summed E-state index contributed by atoms with van der Waals surface area (Å²) in [6.07, 6.45) is -0.660. The summed E-state index contributed by atoms with van der Waals surface area (Å²) in [5.41, 5.74) is 4.53. The average molecular weight is 483 g/mol. The lowest BCUT2D eigenvalue weighted by molar-refractivity contribution is -0.143. The lowest BCUT2D eigenvalue weighted by atomic mass is 9.98. The third-order valence-electron chi connectivity index (χ3n) is 5.71. The summed E-state index contributed by atoms with van der Waals surface area (Å²) in [4.78, 5) is 39.1. The van der Waals surface area contributed by atoms with Crippen LogP contribution in [0.2, 0.25) is 19.6 Å². The molecule has 0 fully saturated rings. The number of fused-ring (bicyclic) bond motifs is 3. The Balaban J connectivity index is 1.62. The standard InChI is InChI=1S/C26H34N2O5Si/c1-17(2)24(25(30)28(3)15-23(29)33-34(4,5)6)27-26(31)32-16-22-20-13-9-7-11-18(20)19-12-8-10-14-21(19)22/h7-14,17,22,24H,15-16H2,1-6H3,(H,27,31)/t24-/m0/s1. The highest BCUT2D eigenvalue weighted by Crippen LogP contribution is 2.44. The fourth-order valence-electron chi connectivity index (χ4n) is 4.16. The predicted molar refractivity (Wildman–Crippen MR) is 134 cm³/mol. The Morgan fingerprint density at radius 2 is 1.50 bits per heavy atom. The summed E-state index contributed by atoms with van der Waals surface area (Å²) < 4.78 is 11.0. The van der Waals surface area contributed by atoms with Gasteiger partial charge in [-0.2, -0.15) is 0 Å². The molecule has 0 spiro atoms. The van der Waals surface area contributed by atoms with E-state index in [9.17, 15) is 14.4 Å². The van der Waals surface area contributed by atoms with Gasteiger partial charge in [-0.15, -0.1) is 0 Å². The van der Waals surface area contributed by atoms with Crippen LogP contribution in [0.3, 0.4) is 0 Å². The van der Waals surface area contributed by atoms with E-state index in [1.807, 2.05) is 57.8 Å². The number of alkyl carbamates (subject to hydrolysis) is 1. The van der Waals surface area contributed by atoms with E-state index in [1.54, 1.807) is 0 Å². The molecule has 2 amide bonds. The van der Waals surface area contributed by atoms with E-state index >= 15 is 0 Å². The number of amides is 2. The van der Waals surface area contributed by atoms with Gasteiger partial charge in [-0.3, -0.25) is 9.59 Å². The molecular weight excluding hydrogens is 448 g/mol. The van der Waals surface area contributed by atoms with E-state index in [0.29, 0.717) is 0 Å². The maximum absolute atomic E-state index is 13.0. The van der Waals surface area contributed by atoms with Crippen molar-refractivity contribution in [2.75, 3.05) is 20.2 Å². The van der Waals surface area contributed by atoms with E-state index in [-0.39, 0.29) is 30.9 Å². The first-order valence-corrected chi connectivity index (χ1v) is 15.0. The quantitative estimate of drug-likeness (QED) is 0.564. The molecule has 2 aromatic carbocycles. The molecule has 0 unspecified atom stereocenters. The van der Waals surface area contributed by atoms with Crippen LogP contribution in [0.4, 0.5) is 4.79 Å². The van der Waals surface area contributed by atoms with Gasteiger partial charge in [-0.1, -0.05) is 62.4 Å². The van der Waals surface area contributed by atoms with E-state index in [1.165, 1.54) is 11.9 Å². The second-order valence-electron chi connectivity index (χ2n) is 9.97. The second kappa shape index (κ2) is 10.4. The fourth-order valence-corrected chi connectivity index (χ4v) is 4.91.